The number of hydrogen-bond acceptors (Lipinski definition) is 4. The second-order valence-electron chi connectivity index (χ2n) is 5.17. The number of rotatable bonds is 7. The Kier molecular flexibility index (Phi) is 5.90. The highest BCUT2D eigenvalue weighted by Crippen LogP contribution is 2.14. The third-order valence-corrected chi connectivity index (χ3v) is 4.00. The summed E-state index contributed by atoms with van der Waals surface area (Å²) in [5.41, 5.74) is 2.28. The van der Waals surface area contributed by atoms with Crippen molar-refractivity contribution in [2.45, 2.75) is 19.8 Å². The van der Waals surface area contributed by atoms with Crippen molar-refractivity contribution < 1.29 is 4.79 Å². The van der Waals surface area contributed by atoms with Crippen LogP contribution < -0.4 is 5.32 Å². The minimum absolute atomic E-state index is 0.00781. The predicted molar refractivity (Wildman–Crippen MR) is 87.7 cm³/mol. The Morgan fingerprint density at radius 3 is 2.76 bits per heavy atom. The zero-order valence-corrected chi connectivity index (χ0v) is 13.3. The van der Waals surface area contributed by atoms with Crippen LogP contribution in [0.3, 0.4) is 0 Å². The van der Waals surface area contributed by atoms with E-state index in [0.29, 0.717) is 11.7 Å². The lowest BCUT2D eigenvalue weighted by Gasteiger charge is -2.15. The van der Waals surface area contributed by atoms with E-state index in [4.69, 9.17) is 0 Å². The maximum atomic E-state index is 11.9. The number of carbonyl (C=O) groups is 1. The minimum atomic E-state index is -0.00781. The molecule has 0 saturated heterocycles. The number of amides is 1. The van der Waals surface area contributed by atoms with Gasteiger partial charge in [-0.25, -0.2) is 4.98 Å². The van der Waals surface area contributed by atoms with Crippen molar-refractivity contribution in [1.29, 1.82) is 0 Å². The molecule has 2 rings (SSSR count). The quantitative estimate of drug-likeness (QED) is 0.855. The van der Waals surface area contributed by atoms with Crippen molar-refractivity contribution in [3.63, 3.8) is 0 Å². The van der Waals surface area contributed by atoms with Crippen LogP contribution in [-0.2, 0) is 11.2 Å². The molecule has 1 amide bonds. The van der Waals surface area contributed by atoms with E-state index >= 15 is 0 Å². The van der Waals surface area contributed by atoms with Gasteiger partial charge in [0.25, 0.3) is 0 Å². The number of anilines is 1. The molecule has 1 aromatic carbocycles. The number of benzene rings is 1. The monoisotopic (exact) mass is 303 g/mol. The molecule has 0 unspecified atom stereocenters. The molecular weight excluding hydrogens is 282 g/mol. The average Bonchev–Trinajstić information content (AvgIpc) is 2.85. The maximum Gasteiger partial charge on any atom is 0.240 e. The molecule has 1 N–H and O–H groups in total. The van der Waals surface area contributed by atoms with Crippen LogP contribution in [0.25, 0.3) is 0 Å². The fourth-order valence-corrected chi connectivity index (χ4v) is 2.80. The summed E-state index contributed by atoms with van der Waals surface area (Å²) >= 11 is 1.46. The summed E-state index contributed by atoms with van der Waals surface area (Å²) in [5.74, 6) is -0.00781. The first kappa shape index (κ1) is 15.7. The first-order chi connectivity index (χ1) is 10.1. The summed E-state index contributed by atoms with van der Waals surface area (Å²) in [6.07, 6.45) is 2.09. The fraction of sp³-hybridized carbons (Fsp3) is 0.375. The smallest absolute Gasteiger partial charge is 0.240 e. The lowest BCUT2D eigenvalue weighted by atomic mass is 10.1. The average molecular weight is 303 g/mol. The standard InChI is InChI=1S/C16H21N3OS/c1-13-12-21-16(17-13)18-15(20)11-19(2)10-6-9-14-7-4-3-5-8-14/h3-5,7-8,12H,6,9-11H2,1-2H3,(H,17,18,20). The molecule has 0 saturated carbocycles. The van der Waals surface area contributed by atoms with Gasteiger partial charge in [-0.05, 0) is 38.9 Å². The number of thiazole rings is 1. The van der Waals surface area contributed by atoms with Crippen molar-refractivity contribution >= 4 is 22.4 Å². The third-order valence-electron chi connectivity index (χ3n) is 3.13. The van der Waals surface area contributed by atoms with Gasteiger partial charge in [0.15, 0.2) is 5.13 Å². The van der Waals surface area contributed by atoms with Gasteiger partial charge in [0.05, 0.1) is 12.2 Å². The molecular formula is C16H21N3OS. The van der Waals surface area contributed by atoms with Gasteiger partial charge >= 0.3 is 0 Å². The normalized spacial score (nSPS) is 10.8. The first-order valence-corrected chi connectivity index (χ1v) is 7.96. The molecule has 0 fully saturated rings. The second kappa shape index (κ2) is 7.90. The highest BCUT2D eigenvalue weighted by molar-refractivity contribution is 7.13. The number of carbonyl (C=O) groups excluding carboxylic acids is 1. The number of nitrogens with zero attached hydrogens (tertiary/aromatic N) is 2. The van der Waals surface area contributed by atoms with E-state index < -0.39 is 0 Å². The number of likely N-dealkylation sites (N-methyl/N-ethyl adjacent to an activating group) is 1. The Hall–Kier alpha value is -1.72. The van der Waals surface area contributed by atoms with E-state index in [1.165, 1.54) is 16.9 Å². The molecule has 0 radical (unpaired) electrons. The molecule has 0 aliphatic heterocycles. The molecule has 5 heteroatoms. The summed E-state index contributed by atoms with van der Waals surface area (Å²) in [5, 5.41) is 5.43. The molecule has 1 aromatic heterocycles. The van der Waals surface area contributed by atoms with E-state index in [1.807, 2.05) is 30.3 Å². The highest BCUT2D eigenvalue weighted by Gasteiger charge is 2.08. The Morgan fingerprint density at radius 2 is 2.10 bits per heavy atom. The van der Waals surface area contributed by atoms with Gasteiger partial charge in [0, 0.05) is 5.38 Å². The topological polar surface area (TPSA) is 45.2 Å². The molecule has 2 aromatic rings. The summed E-state index contributed by atoms with van der Waals surface area (Å²) in [7, 11) is 1.97. The van der Waals surface area contributed by atoms with E-state index in [2.05, 4.69) is 34.6 Å². The van der Waals surface area contributed by atoms with Crippen LogP contribution in [0.2, 0.25) is 0 Å². The largest absolute Gasteiger partial charge is 0.301 e. The van der Waals surface area contributed by atoms with E-state index in [9.17, 15) is 4.79 Å². The van der Waals surface area contributed by atoms with Crippen LogP contribution in [0.4, 0.5) is 5.13 Å². The molecule has 0 aliphatic rings. The summed E-state index contributed by atoms with van der Waals surface area (Å²) < 4.78 is 0. The zero-order valence-electron chi connectivity index (χ0n) is 12.5. The Bertz CT molecular complexity index is 568. The lowest BCUT2D eigenvalue weighted by molar-refractivity contribution is -0.117. The number of hydrogen-bond donors (Lipinski definition) is 1. The van der Waals surface area contributed by atoms with Gasteiger partial charge in [-0.2, -0.15) is 0 Å². The van der Waals surface area contributed by atoms with Crippen molar-refractivity contribution in [3.05, 3.63) is 47.0 Å². The SMILES string of the molecule is Cc1csc(NC(=O)CN(C)CCCc2ccccc2)n1. The van der Waals surface area contributed by atoms with E-state index in [0.717, 1.165) is 25.1 Å². The second-order valence-corrected chi connectivity index (χ2v) is 6.03. The van der Waals surface area contributed by atoms with E-state index in [1.54, 1.807) is 0 Å². The van der Waals surface area contributed by atoms with Crippen LogP contribution in [0, 0.1) is 6.92 Å². The van der Waals surface area contributed by atoms with Crippen molar-refractivity contribution in [3.8, 4) is 0 Å². The Balaban J connectivity index is 1.67. The van der Waals surface area contributed by atoms with Gasteiger partial charge in [0.2, 0.25) is 5.91 Å². The summed E-state index contributed by atoms with van der Waals surface area (Å²) in [4.78, 5) is 18.1. The van der Waals surface area contributed by atoms with Gasteiger partial charge in [0.1, 0.15) is 0 Å². The molecule has 0 bridgehead atoms. The van der Waals surface area contributed by atoms with Gasteiger partial charge in [-0.15, -0.1) is 11.3 Å². The van der Waals surface area contributed by atoms with Crippen molar-refractivity contribution in [1.82, 2.24) is 9.88 Å². The minimum Gasteiger partial charge on any atom is -0.301 e. The highest BCUT2D eigenvalue weighted by atomic mass is 32.1. The molecule has 0 aliphatic carbocycles. The zero-order chi connectivity index (χ0) is 15.1. The number of nitrogens with one attached hydrogen (secondary N) is 1. The number of aromatic nitrogens is 1. The van der Waals surface area contributed by atoms with Gasteiger partial charge < -0.3 is 5.32 Å². The molecule has 0 atom stereocenters. The Morgan fingerprint density at radius 1 is 1.33 bits per heavy atom. The predicted octanol–water partition coefficient (Wildman–Crippen LogP) is 2.95. The van der Waals surface area contributed by atoms with Gasteiger partial charge in [-0.1, -0.05) is 30.3 Å². The van der Waals surface area contributed by atoms with E-state index in [-0.39, 0.29) is 5.91 Å². The van der Waals surface area contributed by atoms with Crippen LogP contribution in [-0.4, -0.2) is 35.9 Å². The maximum absolute atomic E-state index is 11.9. The third kappa shape index (κ3) is 5.65. The van der Waals surface area contributed by atoms with Crippen LogP contribution >= 0.6 is 11.3 Å². The van der Waals surface area contributed by atoms with Crippen LogP contribution in [0.5, 0.6) is 0 Å². The van der Waals surface area contributed by atoms with Crippen LogP contribution in [0.15, 0.2) is 35.7 Å². The first-order valence-electron chi connectivity index (χ1n) is 7.08. The molecule has 21 heavy (non-hydrogen) atoms. The summed E-state index contributed by atoms with van der Waals surface area (Å²) in [6, 6.07) is 10.4. The fourth-order valence-electron chi connectivity index (χ4n) is 2.09. The lowest BCUT2D eigenvalue weighted by Crippen LogP contribution is -2.31. The van der Waals surface area contributed by atoms with Crippen molar-refractivity contribution in [2.24, 2.45) is 0 Å². The molecule has 1 heterocycles. The van der Waals surface area contributed by atoms with Crippen LogP contribution in [0.1, 0.15) is 17.7 Å². The molecule has 4 nitrogen and oxygen atoms in total. The Labute approximate surface area is 129 Å². The number of aryl methyl sites for hydroxylation is 2. The van der Waals surface area contributed by atoms with Gasteiger partial charge in [-0.3, -0.25) is 9.69 Å². The summed E-state index contributed by atoms with van der Waals surface area (Å²) in [6.45, 7) is 3.22. The molecule has 0 spiro atoms. The molecule has 112 valence electrons. The van der Waals surface area contributed by atoms with Crippen molar-refractivity contribution in [2.75, 3.05) is 25.5 Å².